The van der Waals surface area contributed by atoms with Gasteiger partial charge in [-0.1, -0.05) is 5.21 Å². The number of aromatic nitrogens is 4. The molecule has 0 aliphatic carbocycles. The van der Waals surface area contributed by atoms with Gasteiger partial charge in [0.2, 0.25) is 0 Å². The Bertz CT molecular complexity index is 620. The van der Waals surface area contributed by atoms with E-state index >= 15 is 0 Å². The lowest BCUT2D eigenvalue weighted by Gasteiger charge is -2.09. The van der Waals surface area contributed by atoms with Crippen molar-refractivity contribution in [3.63, 3.8) is 0 Å². The SMILES string of the molecule is CC(NC(=O)c1cn(C)nn1)c1nc(C(=O)O)cs1. The smallest absolute Gasteiger partial charge is 0.355 e. The summed E-state index contributed by atoms with van der Waals surface area (Å²) in [5.74, 6) is -1.47. The third kappa shape index (κ3) is 2.94. The van der Waals surface area contributed by atoms with E-state index in [0.717, 1.165) is 0 Å². The summed E-state index contributed by atoms with van der Waals surface area (Å²) in [5.41, 5.74) is 0.171. The highest BCUT2D eigenvalue weighted by atomic mass is 32.1. The number of nitrogens with one attached hydrogen (secondary N) is 1. The maximum Gasteiger partial charge on any atom is 0.355 e. The van der Waals surface area contributed by atoms with Crippen molar-refractivity contribution in [2.75, 3.05) is 0 Å². The van der Waals surface area contributed by atoms with E-state index in [9.17, 15) is 9.59 Å². The molecule has 1 unspecified atom stereocenters. The van der Waals surface area contributed by atoms with E-state index in [4.69, 9.17) is 5.11 Å². The van der Waals surface area contributed by atoms with Gasteiger partial charge in [-0.2, -0.15) is 0 Å². The zero-order chi connectivity index (χ0) is 14.0. The first kappa shape index (κ1) is 13.1. The molecular formula is C10H11N5O3S. The van der Waals surface area contributed by atoms with E-state index in [2.05, 4.69) is 20.6 Å². The highest BCUT2D eigenvalue weighted by Gasteiger charge is 2.18. The first-order valence-electron chi connectivity index (χ1n) is 5.33. The summed E-state index contributed by atoms with van der Waals surface area (Å²) < 4.78 is 1.42. The summed E-state index contributed by atoms with van der Waals surface area (Å²) >= 11 is 1.18. The van der Waals surface area contributed by atoms with Gasteiger partial charge in [0.1, 0.15) is 5.01 Å². The number of nitrogens with zero attached hydrogens (tertiary/aromatic N) is 4. The van der Waals surface area contributed by atoms with Crippen molar-refractivity contribution in [1.82, 2.24) is 25.3 Å². The quantitative estimate of drug-likeness (QED) is 0.842. The van der Waals surface area contributed by atoms with Crippen LogP contribution in [0.15, 0.2) is 11.6 Å². The zero-order valence-corrected chi connectivity index (χ0v) is 11.0. The molecule has 2 N–H and O–H groups in total. The predicted molar refractivity (Wildman–Crippen MR) is 66.0 cm³/mol. The van der Waals surface area contributed by atoms with E-state index in [1.807, 2.05) is 0 Å². The highest BCUT2D eigenvalue weighted by molar-refractivity contribution is 7.09. The number of hydrogen-bond donors (Lipinski definition) is 2. The van der Waals surface area contributed by atoms with Crippen molar-refractivity contribution >= 4 is 23.2 Å². The molecule has 1 atom stereocenters. The molecule has 0 radical (unpaired) electrons. The number of aromatic carboxylic acids is 1. The Balaban J connectivity index is 2.05. The van der Waals surface area contributed by atoms with Gasteiger partial charge in [0.25, 0.3) is 5.91 Å². The minimum Gasteiger partial charge on any atom is -0.476 e. The molecule has 0 bridgehead atoms. The molecule has 8 nitrogen and oxygen atoms in total. The summed E-state index contributed by atoms with van der Waals surface area (Å²) in [5, 5.41) is 20.8. The molecule has 19 heavy (non-hydrogen) atoms. The molecule has 0 saturated carbocycles. The Morgan fingerprint density at radius 3 is 2.74 bits per heavy atom. The summed E-state index contributed by atoms with van der Waals surface area (Å²) in [4.78, 5) is 26.5. The lowest BCUT2D eigenvalue weighted by molar-refractivity contribution is 0.0691. The third-order valence-electron chi connectivity index (χ3n) is 2.29. The van der Waals surface area contributed by atoms with Crippen LogP contribution < -0.4 is 5.32 Å². The fourth-order valence-electron chi connectivity index (χ4n) is 1.37. The van der Waals surface area contributed by atoms with Gasteiger partial charge in [-0.15, -0.1) is 16.4 Å². The van der Waals surface area contributed by atoms with Gasteiger partial charge in [-0.3, -0.25) is 9.48 Å². The predicted octanol–water partition coefficient (Wildman–Crippen LogP) is 0.461. The fourth-order valence-corrected chi connectivity index (χ4v) is 2.17. The molecule has 9 heteroatoms. The minimum atomic E-state index is -1.09. The molecule has 2 aromatic heterocycles. The van der Waals surface area contributed by atoms with Crippen LogP contribution in [0.2, 0.25) is 0 Å². The number of hydrogen-bond acceptors (Lipinski definition) is 6. The van der Waals surface area contributed by atoms with Crippen LogP contribution in [0.5, 0.6) is 0 Å². The maximum absolute atomic E-state index is 11.8. The van der Waals surface area contributed by atoms with Gasteiger partial charge < -0.3 is 10.4 Å². The van der Waals surface area contributed by atoms with Crippen LogP contribution in [-0.4, -0.2) is 37.0 Å². The second-order valence-electron chi connectivity index (χ2n) is 3.85. The standard InChI is InChI=1S/C10H11N5O3S/c1-5(9-12-7(4-19-9)10(17)18)11-8(16)6-3-15(2)14-13-6/h3-5H,1-2H3,(H,11,16)(H,17,18). The number of carbonyl (C=O) groups is 2. The molecule has 0 aliphatic rings. The molecule has 2 rings (SSSR count). The topological polar surface area (TPSA) is 110 Å². The number of carboxylic acids is 1. The largest absolute Gasteiger partial charge is 0.476 e. The average Bonchev–Trinajstić information content (AvgIpc) is 2.96. The normalized spacial score (nSPS) is 12.1. The van der Waals surface area contributed by atoms with Crippen molar-refractivity contribution in [1.29, 1.82) is 0 Å². The van der Waals surface area contributed by atoms with Gasteiger partial charge in [-0.05, 0) is 6.92 Å². The zero-order valence-electron chi connectivity index (χ0n) is 10.2. The second kappa shape index (κ2) is 5.14. The summed E-state index contributed by atoms with van der Waals surface area (Å²) in [6.45, 7) is 1.72. The van der Waals surface area contributed by atoms with Gasteiger partial charge >= 0.3 is 5.97 Å². The first-order chi connectivity index (χ1) is 8.97. The van der Waals surface area contributed by atoms with E-state index in [1.54, 1.807) is 14.0 Å². The van der Waals surface area contributed by atoms with Crippen LogP contribution in [0, 0.1) is 0 Å². The molecule has 0 saturated heterocycles. The van der Waals surface area contributed by atoms with Crippen molar-refractivity contribution in [2.24, 2.45) is 7.05 Å². The van der Waals surface area contributed by atoms with E-state index in [-0.39, 0.29) is 17.3 Å². The molecule has 0 spiro atoms. The molecule has 2 aromatic rings. The van der Waals surface area contributed by atoms with Crippen LogP contribution in [-0.2, 0) is 7.05 Å². The Morgan fingerprint density at radius 2 is 2.21 bits per heavy atom. The first-order valence-corrected chi connectivity index (χ1v) is 6.21. The van der Waals surface area contributed by atoms with Gasteiger partial charge in [0.15, 0.2) is 11.4 Å². The maximum atomic E-state index is 11.8. The molecule has 1 amide bonds. The Labute approximate surface area is 112 Å². The van der Waals surface area contributed by atoms with Gasteiger partial charge in [-0.25, -0.2) is 9.78 Å². The van der Waals surface area contributed by atoms with Crippen molar-refractivity contribution in [3.05, 3.63) is 28.0 Å². The van der Waals surface area contributed by atoms with Gasteiger partial charge in [0.05, 0.1) is 12.2 Å². The number of thiazole rings is 1. The van der Waals surface area contributed by atoms with Crippen molar-refractivity contribution in [2.45, 2.75) is 13.0 Å². The Hall–Kier alpha value is -2.29. The Kier molecular flexibility index (Phi) is 3.56. The van der Waals surface area contributed by atoms with Crippen LogP contribution in [0.25, 0.3) is 0 Å². The van der Waals surface area contributed by atoms with Crippen molar-refractivity contribution < 1.29 is 14.7 Å². The number of carbonyl (C=O) groups excluding carboxylic acids is 1. The van der Waals surface area contributed by atoms with Crippen LogP contribution in [0.4, 0.5) is 0 Å². The lowest BCUT2D eigenvalue weighted by atomic mass is 10.3. The van der Waals surface area contributed by atoms with Gasteiger partial charge in [0, 0.05) is 12.4 Å². The van der Waals surface area contributed by atoms with E-state index in [0.29, 0.717) is 5.01 Å². The third-order valence-corrected chi connectivity index (χ3v) is 3.32. The van der Waals surface area contributed by atoms with E-state index in [1.165, 1.54) is 27.6 Å². The summed E-state index contributed by atoms with van der Waals surface area (Å²) in [6, 6.07) is -0.396. The second-order valence-corrected chi connectivity index (χ2v) is 4.74. The lowest BCUT2D eigenvalue weighted by Crippen LogP contribution is -2.27. The highest BCUT2D eigenvalue weighted by Crippen LogP contribution is 2.18. The molecule has 0 fully saturated rings. The van der Waals surface area contributed by atoms with Crippen molar-refractivity contribution in [3.8, 4) is 0 Å². The van der Waals surface area contributed by atoms with E-state index < -0.39 is 12.0 Å². The van der Waals surface area contributed by atoms with Crippen LogP contribution >= 0.6 is 11.3 Å². The molecule has 100 valence electrons. The molecule has 0 aromatic carbocycles. The Morgan fingerprint density at radius 1 is 1.47 bits per heavy atom. The monoisotopic (exact) mass is 281 g/mol. The number of rotatable bonds is 4. The number of amides is 1. The fraction of sp³-hybridized carbons (Fsp3) is 0.300. The molecule has 2 heterocycles. The van der Waals surface area contributed by atoms with Crippen LogP contribution in [0.1, 0.15) is 39.0 Å². The molecule has 0 aliphatic heterocycles. The van der Waals surface area contributed by atoms with Crippen LogP contribution in [0.3, 0.4) is 0 Å². The summed E-state index contributed by atoms with van der Waals surface area (Å²) in [7, 11) is 1.66. The number of carboxylic acid groups (broad SMARTS) is 1. The average molecular weight is 281 g/mol. The minimum absolute atomic E-state index is 0.0272. The number of aryl methyl sites for hydroxylation is 1. The molecular weight excluding hydrogens is 270 g/mol. The summed E-state index contributed by atoms with van der Waals surface area (Å²) in [6.07, 6.45) is 1.49.